The second kappa shape index (κ2) is 9.48. The highest BCUT2D eigenvalue weighted by Gasteiger charge is 2.07. The number of nitrogens with zero attached hydrogens (tertiary/aromatic N) is 4. The molecule has 4 aromatic rings. The average molecular weight is 417 g/mol. The standard InChI is InChI=1S/2C10H9ClN2O/c2*1-7-3-2-4-8(5-7)10-12-9(6-11)14-13-10/h2*2-5H,6H2,1H3. The number of halogens is 2. The van der Waals surface area contributed by atoms with Crippen LogP contribution in [0, 0.1) is 13.8 Å². The second-order valence-electron chi connectivity index (χ2n) is 6.03. The van der Waals surface area contributed by atoms with E-state index in [1.807, 2.05) is 62.4 Å². The molecule has 2 aromatic heterocycles. The third-order valence-electron chi connectivity index (χ3n) is 3.72. The van der Waals surface area contributed by atoms with Crippen LogP contribution in [0.3, 0.4) is 0 Å². The fourth-order valence-corrected chi connectivity index (χ4v) is 2.64. The van der Waals surface area contributed by atoms with E-state index in [-0.39, 0.29) is 11.8 Å². The maximum atomic E-state index is 5.56. The zero-order valence-corrected chi connectivity index (χ0v) is 16.9. The number of aromatic nitrogens is 4. The highest BCUT2D eigenvalue weighted by Crippen LogP contribution is 2.18. The summed E-state index contributed by atoms with van der Waals surface area (Å²) in [4.78, 5) is 8.26. The highest BCUT2D eigenvalue weighted by molar-refractivity contribution is 6.16. The van der Waals surface area contributed by atoms with Gasteiger partial charge in [-0.3, -0.25) is 0 Å². The lowest BCUT2D eigenvalue weighted by atomic mass is 10.1. The molecule has 0 spiro atoms. The normalized spacial score (nSPS) is 10.4. The summed E-state index contributed by atoms with van der Waals surface area (Å²) in [6.45, 7) is 4.04. The number of rotatable bonds is 4. The van der Waals surface area contributed by atoms with Gasteiger partial charge in [-0.05, 0) is 26.0 Å². The van der Waals surface area contributed by atoms with E-state index in [0.29, 0.717) is 23.4 Å². The molecule has 0 unspecified atom stereocenters. The minimum Gasteiger partial charge on any atom is -0.338 e. The molecule has 0 N–H and O–H groups in total. The second-order valence-corrected chi connectivity index (χ2v) is 6.56. The zero-order chi connectivity index (χ0) is 19.9. The predicted octanol–water partition coefficient (Wildman–Crippen LogP) is 5.57. The van der Waals surface area contributed by atoms with Crippen molar-refractivity contribution in [1.29, 1.82) is 0 Å². The highest BCUT2D eigenvalue weighted by atomic mass is 35.5. The Labute approximate surface area is 172 Å². The Bertz CT molecular complexity index is 962. The van der Waals surface area contributed by atoms with Crippen molar-refractivity contribution in [2.24, 2.45) is 0 Å². The molecule has 0 saturated heterocycles. The summed E-state index contributed by atoms with van der Waals surface area (Å²) in [6.07, 6.45) is 0. The first kappa shape index (κ1) is 20.0. The lowest BCUT2D eigenvalue weighted by Crippen LogP contribution is -1.82. The van der Waals surface area contributed by atoms with Crippen molar-refractivity contribution in [1.82, 2.24) is 20.3 Å². The van der Waals surface area contributed by atoms with Crippen LogP contribution in [-0.4, -0.2) is 20.3 Å². The molecule has 28 heavy (non-hydrogen) atoms. The first-order chi connectivity index (χ1) is 13.6. The van der Waals surface area contributed by atoms with E-state index in [1.54, 1.807) is 0 Å². The van der Waals surface area contributed by atoms with Crippen LogP contribution in [0.25, 0.3) is 22.8 Å². The van der Waals surface area contributed by atoms with E-state index in [2.05, 4.69) is 20.3 Å². The van der Waals surface area contributed by atoms with Gasteiger partial charge in [-0.15, -0.1) is 23.2 Å². The van der Waals surface area contributed by atoms with Crippen LogP contribution in [-0.2, 0) is 11.8 Å². The number of aryl methyl sites for hydroxylation is 2. The first-order valence-electron chi connectivity index (χ1n) is 8.50. The zero-order valence-electron chi connectivity index (χ0n) is 15.4. The van der Waals surface area contributed by atoms with Crippen molar-refractivity contribution in [3.63, 3.8) is 0 Å². The van der Waals surface area contributed by atoms with Crippen molar-refractivity contribution in [3.8, 4) is 22.8 Å². The summed E-state index contributed by atoms with van der Waals surface area (Å²) in [5.41, 5.74) is 4.23. The molecular weight excluding hydrogens is 399 g/mol. The Morgan fingerprint density at radius 2 is 1.14 bits per heavy atom. The Balaban J connectivity index is 0.000000161. The van der Waals surface area contributed by atoms with Gasteiger partial charge in [-0.25, -0.2) is 0 Å². The molecule has 0 aliphatic rings. The van der Waals surface area contributed by atoms with E-state index in [0.717, 1.165) is 11.1 Å². The molecule has 0 atom stereocenters. The number of hydrogen-bond acceptors (Lipinski definition) is 6. The molecule has 0 bridgehead atoms. The minimum absolute atomic E-state index is 0.249. The van der Waals surface area contributed by atoms with Gasteiger partial charge in [0.2, 0.25) is 23.4 Å². The van der Waals surface area contributed by atoms with Crippen molar-refractivity contribution in [2.75, 3.05) is 0 Å². The Morgan fingerprint density at radius 3 is 1.46 bits per heavy atom. The molecule has 0 radical (unpaired) electrons. The van der Waals surface area contributed by atoms with Crippen LogP contribution in [0.1, 0.15) is 22.9 Å². The van der Waals surface area contributed by atoms with Gasteiger partial charge in [0, 0.05) is 11.1 Å². The van der Waals surface area contributed by atoms with Gasteiger partial charge in [0.1, 0.15) is 11.8 Å². The summed E-state index contributed by atoms with van der Waals surface area (Å²) in [6, 6.07) is 15.8. The maximum Gasteiger partial charge on any atom is 0.241 e. The summed E-state index contributed by atoms with van der Waals surface area (Å²) < 4.78 is 9.83. The summed E-state index contributed by atoms with van der Waals surface area (Å²) in [5.74, 6) is 2.57. The van der Waals surface area contributed by atoms with Crippen LogP contribution in [0.5, 0.6) is 0 Å². The quantitative estimate of drug-likeness (QED) is 0.404. The molecule has 2 heterocycles. The van der Waals surface area contributed by atoms with Crippen molar-refractivity contribution in [3.05, 3.63) is 71.4 Å². The predicted molar refractivity (Wildman–Crippen MR) is 108 cm³/mol. The van der Waals surface area contributed by atoms with Gasteiger partial charge >= 0.3 is 0 Å². The summed E-state index contributed by atoms with van der Waals surface area (Å²) in [5, 5.41) is 7.66. The molecule has 0 amide bonds. The van der Waals surface area contributed by atoms with Gasteiger partial charge in [0.25, 0.3) is 0 Å². The molecule has 6 nitrogen and oxygen atoms in total. The molecule has 2 aromatic carbocycles. The van der Waals surface area contributed by atoms with Crippen LogP contribution in [0.4, 0.5) is 0 Å². The van der Waals surface area contributed by atoms with Crippen molar-refractivity contribution < 1.29 is 9.05 Å². The molecule has 0 saturated carbocycles. The minimum atomic E-state index is 0.249. The van der Waals surface area contributed by atoms with Crippen molar-refractivity contribution in [2.45, 2.75) is 25.6 Å². The van der Waals surface area contributed by atoms with Crippen LogP contribution < -0.4 is 0 Å². The summed E-state index contributed by atoms with van der Waals surface area (Å²) >= 11 is 11.1. The van der Waals surface area contributed by atoms with Gasteiger partial charge in [0.05, 0.1) is 0 Å². The number of hydrogen-bond donors (Lipinski definition) is 0. The van der Waals surface area contributed by atoms with Crippen LogP contribution in [0.2, 0.25) is 0 Å². The lowest BCUT2D eigenvalue weighted by Gasteiger charge is -1.94. The molecule has 0 aliphatic carbocycles. The maximum absolute atomic E-state index is 5.56. The molecule has 8 heteroatoms. The van der Waals surface area contributed by atoms with Gasteiger partial charge in [-0.1, -0.05) is 57.8 Å². The molecular formula is C20H18Cl2N4O2. The Morgan fingerprint density at radius 1 is 0.714 bits per heavy atom. The molecule has 4 rings (SSSR count). The number of benzene rings is 2. The van der Waals surface area contributed by atoms with Crippen molar-refractivity contribution >= 4 is 23.2 Å². The smallest absolute Gasteiger partial charge is 0.241 e. The topological polar surface area (TPSA) is 77.8 Å². The first-order valence-corrected chi connectivity index (χ1v) is 9.57. The molecule has 0 aliphatic heterocycles. The largest absolute Gasteiger partial charge is 0.338 e. The van der Waals surface area contributed by atoms with E-state index < -0.39 is 0 Å². The SMILES string of the molecule is Cc1cccc(-c2noc(CCl)n2)c1.Cc1cccc(-c2noc(CCl)n2)c1. The average Bonchev–Trinajstić information content (AvgIpc) is 3.38. The van der Waals surface area contributed by atoms with E-state index >= 15 is 0 Å². The third kappa shape index (κ3) is 5.18. The van der Waals surface area contributed by atoms with E-state index in [9.17, 15) is 0 Å². The Kier molecular flexibility index (Phi) is 6.79. The fourth-order valence-electron chi connectivity index (χ4n) is 2.42. The summed E-state index contributed by atoms with van der Waals surface area (Å²) in [7, 11) is 0. The van der Waals surface area contributed by atoms with Gasteiger partial charge < -0.3 is 9.05 Å². The van der Waals surface area contributed by atoms with Crippen LogP contribution >= 0.6 is 23.2 Å². The fraction of sp³-hybridized carbons (Fsp3) is 0.200. The molecule has 0 fully saturated rings. The monoisotopic (exact) mass is 416 g/mol. The van der Waals surface area contributed by atoms with E-state index in [1.165, 1.54) is 11.1 Å². The third-order valence-corrected chi connectivity index (χ3v) is 4.17. The van der Waals surface area contributed by atoms with Gasteiger partial charge in [-0.2, -0.15) is 9.97 Å². The number of alkyl halides is 2. The van der Waals surface area contributed by atoms with Crippen LogP contribution in [0.15, 0.2) is 57.6 Å². The lowest BCUT2D eigenvalue weighted by molar-refractivity contribution is 0.391. The Hall–Kier alpha value is -2.70. The molecule has 144 valence electrons. The van der Waals surface area contributed by atoms with E-state index in [4.69, 9.17) is 32.2 Å². The van der Waals surface area contributed by atoms with Gasteiger partial charge in [0.15, 0.2) is 0 Å².